The highest BCUT2D eigenvalue weighted by Gasteiger charge is 2.16. The highest BCUT2D eigenvalue weighted by molar-refractivity contribution is 5.86. The molecule has 0 radical (unpaired) electrons. The molecule has 2 aromatic carbocycles. The standard InChI is InChI=1S/C24H23NO/c1-3-9-18-13-8-14-21(20(18)10-4-2)22-15-16-25-23(17-26)24(22)19-11-6-5-7-12-19/h3-8,11-16,26H,1-2,9-10,17H2. The van der Waals surface area contributed by atoms with E-state index in [0.29, 0.717) is 5.69 Å². The van der Waals surface area contributed by atoms with Crippen LogP contribution in [0.2, 0.25) is 0 Å². The maximum atomic E-state index is 9.87. The van der Waals surface area contributed by atoms with Crippen molar-refractivity contribution >= 4 is 0 Å². The quantitative estimate of drug-likeness (QED) is 0.586. The van der Waals surface area contributed by atoms with Crippen molar-refractivity contribution in [2.75, 3.05) is 0 Å². The second-order valence-electron chi connectivity index (χ2n) is 6.13. The second kappa shape index (κ2) is 8.41. The van der Waals surface area contributed by atoms with Crippen LogP contribution in [-0.2, 0) is 19.4 Å². The first-order chi connectivity index (χ1) is 12.8. The lowest BCUT2D eigenvalue weighted by Crippen LogP contribution is -2.00. The monoisotopic (exact) mass is 341 g/mol. The van der Waals surface area contributed by atoms with Crippen LogP contribution in [0.4, 0.5) is 0 Å². The van der Waals surface area contributed by atoms with Crippen LogP contribution in [0.15, 0.2) is 86.1 Å². The van der Waals surface area contributed by atoms with Gasteiger partial charge in [0.2, 0.25) is 0 Å². The average molecular weight is 341 g/mol. The Labute approximate surface area is 155 Å². The van der Waals surface area contributed by atoms with E-state index in [4.69, 9.17) is 0 Å². The summed E-state index contributed by atoms with van der Waals surface area (Å²) in [6, 6.07) is 18.5. The maximum Gasteiger partial charge on any atom is 0.0859 e. The van der Waals surface area contributed by atoms with Gasteiger partial charge in [-0.25, -0.2) is 0 Å². The van der Waals surface area contributed by atoms with Crippen molar-refractivity contribution in [3.05, 3.63) is 103 Å². The summed E-state index contributed by atoms with van der Waals surface area (Å²) < 4.78 is 0. The third kappa shape index (κ3) is 3.51. The Balaban J connectivity index is 2.30. The van der Waals surface area contributed by atoms with Crippen molar-refractivity contribution in [1.29, 1.82) is 0 Å². The normalized spacial score (nSPS) is 10.5. The summed E-state index contributed by atoms with van der Waals surface area (Å²) in [5.41, 5.74) is 7.45. The van der Waals surface area contributed by atoms with Crippen LogP contribution in [-0.4, -0.2) is 10.1 Å². The zero-order chi connectivity index (χ0) is 18.4. The van der Waals surface area contributed by atoms with E-state index in [1.54, 1.807) is 6.20 Å². The molecule has 1 heterocycles. The van der Waals surface area contributed by atoms with Crippen LogP contribution in [0.25, 0.3) is 22.3 Å². The predicted molar refractivity (Wildman–Crippen MR) is 109 cm³/mol. The zero-order valence-electron chi connectivity index (χ0n) is 14.9. The Hall–Kier alpha value is -2.97. The molecule has 0 saturated heterocycles. The lowest BCUT2D eigenvalue weighted by Gasteiger charge is -2.18. The summed E-state index contributed by atoms with van der Waals surface area (Å²) in [7, 11) is 0. The molecule has 0 aliphatic rings. The molecule has 1 aromatic heterocycles. The summed E-state index contributed by atoms with van der Waals surface area (Å²) in [5, 5.41) is 9.87. The highest BCUT2D eigenvalue weighted by atomic mass is 16.3. The lowest BCUT2D eigenvalue weighted by atomic mass is 9.87. The summed E-state index contributed by atoms with van der Waals surface area (Å²) in [4.78, 5) is 4.41. The van der Waals surface area contributed by atoms with E-state index < -0.39 is 0 Å². The van der Waals surface area contributed by atoms with E-state index in [0.717, 1.165) is 35.1 Å². The topological polar surface area (TPSA) is 33.1 Å². The summed E-state index contributed by atoms with van der Waals surface area (Å²) >= 11 is 0. The molecule has 0 atom stereocenters. The number of nitrogens with zero attached hydrogens (tertiary/aromatic N) is 1. The number of aliphatic hydroxyl groups is 1. The second-order valence-corrected chi connectivity index (χ2v) is 6.13. The van der Waals surface area contributed by atoms with Gasteiger partial charge in [-0.3, -0.25) is 4.98 Å². The molecule has 0 aliphatic carbocycles. The van der Waals surface area contributed by atoms with Crippen LogP contribution in [0.3, 0.4) is 0 Å². The van der Waals surface area contributed by atoms with Crippen molar-refractivity contribution in [1.82, 2.24) is 4.98 Å². The Morgan fingerprint density at radius 3 is 2.31 bits per heavy atom. The van der Waals surface area contributed by atoms with Crippen molar-refractivity contribution in [2.24, 2.45) is 0 Å². The molecule has 1 N–H and O–H groups in total. The van der Waals surface area contributed by atoms with Crippen LogP contribution < -0.4 is 0 Å². The third-order valence-corrected chi connectivity index (χ3v) is 4.52. The Morgan fingerprint density at radius 1 is 0.846 bits per heavy atom. The van der Waals surface area contributed by atoms with Crippen LogP contribution >= 0.6 is 0 Å². The van der Waals surface area contributed by atoms with Gasteiger partial charge in [-0.1, -0.05) is 60.7 Å². The molecule has 3 aromatic rings. The van der Waals surface area contributed by atoms with Crippen LogP contribution in [0.5, 0.6) is 0 Å². The number of aliphatic hydroxyl groups excluding tert-OH is 1. The molecule has 2 nitrogen and oxygen atoms in total. The van der Waals surface area contributed by atoms with E-state index in [1.165, 1.54) is 11.1 Å². The van der Waals surface area contributed by atoms with Crippen molar-refractivity contribution in [3.63, 3.8) is 0 Å². The number of pyridine rings is 1. The fourth-order valence-corrected chi connectivity index (χ4v) is 3.40. The number of benzene rings is 2. The molecule has 3 rings (SSSR count). The molecular weight excluding hydrogens is 318 g/mol. The van der Waals surface area contributed by atoms with Crippen molar-refractivity contribution in [2.45, 2.75) is 19.4 Å². The molecule has 2 heteroatoms. The molecule has 0 unspecified atom stereocenters. The first-order valence-electron chi connectivity index (χ1n) is 8.77. The smallest absolute Gasteiger partial charge is 0.0859 e. The minimum absolute atomic E-state index is 0.0960. The van der Waals surface area contributed by atoms with Gasteiger partial charge >= 0.3 is 0 Å². The summed E-state index contributed by atoms with van der Waals surface area (Å²) in [5.74, 6) is 0. The zero-order valence-corrected chi connectivity index (χ0v) is 14.9. The van der Waals surface area contributed by atoms with Gasteiger partial charge in [-0.05, 0) is 46.7 Å². The van der Waals surface area contributed by atoms with Crippen LogP contribution in [0.1, 0.15) is 16.8 Å². The third-order valence-electron chi connectivity index (χ3n) is 4.52. The number of hydrogen-bond donors (Lipinski definition) is 1. The molecule has 0 fully saturated rings. The van der Waals surface area contributed by atoms with Crippen molar-refractivity contribution in [3.8, 4) is 22.3 Å². The SMILES string of the molecule is C=CCc1cccc(-c2ccnc(CO)c2-c2ccccc2)c1CC=C. The molecule has 0 aliphatic heterocycles. The van der Waals surface area contributed by atoms with Gasteiger partial charge in [-0.15, -0.1) is 13.2 Å². The van der Waals surface area contributed by atoms with Gasteiger partial charge in [0.15, 0.2) is 0 Å². The number of rotatable bonds is 7. The summed E-state index contributed by atoms with van der Waals surface area (Å²) in [6.45, 7) is 7.72. The number of aromatic nitrogens is 1. The molecule has 0 saturated carbocycles. The first-order valence-corrected chi connectivity index (χ1v) is 8.77. The molecule has 0 bridgehead atoms. The van der Waals surface area contributed by atoms with Gasteiger partial charge in [0.25, 0.3) is 0 Å². The van der Waals surface area contributed by atoms with Crippen LogP contribution in [0, 0.1) is 0 Å². The molecule has 0 amide bonds. The largest absolute Gasteiger partial charge is 0.390 e. The highest BCUT2D eigenvalue weighted by Crippen LogP contribution is 2.37. The van der Waals surface area contributed by atoms with Gasteiger partial charge in [-0.2, -0.15) is 0 Å². The fourth-order valence-electron chi connectivity index (χ4n) is 3.40. The van der Waals surface area contributed by atoms with Gasteiger partial charge < -0.3 is 5.11 Å². The average Bonchev–Trinajstić information content (AvgIpc) is 2.69. The minimum atomic E-state index is -0.0960. The Morgan fingerprint density at radius 2 is 1.62 bits per heavy atom. The van der Waals surface area contributed by atoms with Gasteiger partial charge in [0.05, 0.1) is 12.3 Å². The molecule has 130 valence electrons. The minimum Gasteiger partial charge on any atom is -0.390 e. The molecule has 26 heavy (non-hydrogen) atoms. The number of allylic oxidation sites excluding steroid dienone is 2. The van der Waals surface area contributed by atoms with Crippen molar-refractivity contribution < 1.29 is 5.11 Å². The Bertz CT molecular complexity index is 913. The van der Waals surface area contributed by atoms with E-state index in [1.807, 2.05) is 36.4 Å². The molecular formula is C24H23NO. The maximum absolute atomic E-state index is 9.87. The van der Waals surface area contributed by atoms with Gasteiger partial charge in [0.1, 0.15) is 0 Å². The van der Waals surface area contributed by atoms with E-state index in [2.05, 4.69) is 48.5 Å². The molecule has 0 spiro atoms. The Kier molecular flexibility index (Phi) is 5.77. The van der Waals surface area contributed by atoms with E-state index in [-0.39, 0.29) is 6.61 Å². The summed E-state index contributed by atoms with van der Waals surface area (Å²) in [6.07, 6.45) is 7.22. The fraction of sp³-hybridized carbons (Fsp3) is 0.125. The number of hydrogen-bond acceptors (Lipinski definition) is 2. The van der Waals surface area contributed by atoms with E-state index in [9.17, 15) is 5.11 Å². The van der Waals surface area contributed by atoms with E-state index >= 15 is 0 Å². The first kappa shape index (κ1) is 17.8. The van der Waals surface area contributed by atoms with Gasteiger partial charge in [0, 0.05) is 11.8 Å². The predicted octanol–water partition coefficient (Wildman–Crippen LogP) is 5.36. The lowest BCUT2D eigenvalue weighted by molar-refractivity contribution is 0.277.